The highest BCUT2D eigenvalue weighted by Gasteiger charge is 2.36. The summed E-state index contributed by atoms with van der Waals surface area (Å²) in [6, 6.07) is 12.6. The third-order valence-corrected chi connectivity index (χ3v) is 5.04. The summed E-state index contributed by atoms with van der Waals surface area (Å²) in [5, 5.41) is 0.864. The number of benzene rings is 2. The molecule has 2 aromatic rings. The standard InChI is InChI=1S/C22H21ClN2O3S/c1-4-12-28-20-11-6-15(13-18(20)23)14-19-21(26)25(22(29)24(19)3)16-7-9-17(10-8-16)27-5-2/h4,6-11,13-14H,1,5,12H2,2-3H3/b19-14-. The summed E-state index contributed by atoms with van der Waals surface area (Å²) in [7, 11) is 1.77. The summed E-state index contributed by atoms with van der Waals surface area (Å²) in [5.74, 6) is 1.10. The molecule has 0 N–H and O–H groups in total. The van der Waals surface area contributed by atoms with Crippen molar-refractivity contribution in [2.75, 3.05) is 25.2 Å². The molecule has 1 aliphatic rings. The maximum Gasteiger partial charge on any atom is 0.281 e. The van der Waals surface area contributed by atoms with Gasteiger partial charge in [-0.3, -0.25) is 9.69 Å². The summed E-state index contributed by atoms with van der Waals surface area (Å²) >= 11 is 11.8. The molecule has 0 bridgehead atoms. The third-order valence-electron chi connectivity index (χ3n) is 4.28. The number of rotatable bonds is 7. The van der Waals surface area contributed by atoms with E-state index in [9.17, 15) is 4.79 Å². The number of anilines is 1. The van der Waals surface area contributed by atoms with Crippen LogP contribution in [0.25, 0.3) is 6.08 Å². The maximum absolute atomic E-state index is 13.1. The van der Waals surface area contributed by atoms with Gasteiger partial charge in [0.1, 0.15) is 23.8 Å². The molecule has 0 atom stereocenters. The van der Waals surface area contributed by atoms with E-state index < -0.39 is 0 Å². The molecule has 1 amide bonds. The smallest absolute Gasteiger partial charge is 0.281 e. The van der Waals surface area contributed by atoms with Crippen LogP contribution in [0.1, 0.15) is 12.5 Å². The lowest BCUT2D eigenvalue weighted by atomic mass is 10.1. The van der Waals surface area contributed by atoms with Gasteiger partial charge >= 0.3 is 0 Å². The number of hydrogen-bond donors (Lipinski definition) is 0. The second kappa shape index (κ2) is 9.11. The van der Waals surface area contributed by atoms with Crippen LogP contribution in [-0.4, -0.2) is 36.2 Å². The number of ether oxygens (including phenoxy) is 2. The summed E-state index contributed by atoms with van der Waals surface area (Å²) in [4.78, 5) is 16.2. The monoisotopic (exact) mass is 428 g/mol. The number of carbonyl (C=O) groups is 1. The van der Waals surface area contributed by atoms with Crippen molar-refractivity contribution in [2.45, 2.75) is 6.92 Å². The first-order chi connectivity index (χ1) is 14.0. The Kier molecular flexibility index (Phi) is 6.56. The van der Waals surface area contributed by atoms with Crippen LogP contribution in [0, 0.1) is 0 Å². The minimum Gasteiger partial charge on any atom is -0.494 e. The Hall–Kier alpha value is -2.83. The van der Waals surface area contributed by atoms with Crippen LogP contribution in [-0.2, 0) is 4.79 Å². The lowest BCUT2D eigenvalue weighted by Gasteiger charge is -2.16. The fourth-order valence-corrected chi connectivity index (χ4v) is 3.40. The molecule has 3 rings (SSSR count). The topological polar surface area (TPSA) is 42.0 Å². The lowest BCUT2D eigenvalue weighted by Crippen LogP contribution is -2.31. The Morgan fingerprint density at radius 3 is 2.52 bits per heavy atom. The molecule has 1 aliphatic heterocycles. The zero-order valence-electron chi connectivity index (χ0n) is 16.2. The SMILES string of the molecule is C=CCOc1ccc(/C=C2/C(=O)N(c3ccc(OCC)cc3)C(=S)N2C)cc1Cl. The highest BCUT2D eigenvalue weighted by Crippen LogP contribution is 2.31. The maximum atomic E-state index is 13.1. The Morgan fingerprint density at radius 1 is 1.17 bits per heavy atom. The molecule has 1 heterocycles. The van der Waals surface area contributed by atoms with E-state index in [-0.39, 0.29) is 5.91 Å². The van der Waals surface area contributed by atoms with Gasteiger partial charge in [-0.05, 0) is 67.2 Å². The van der Waals surface area contributed by atoms with Crippen LogP contribution >= 0.6 is 23.8 Å². The van der Waals surface area contributed by atoms with Crippen molar-refractivity contribution in [1.82, 2.24) is 4.90 Å². The second-order valence-electron chi connectivity index (χ2n) is 6.23. The predicted molar refractivity (Wildman–Crippen MR) is 121 cm³/mol. The molecule has 0 spiro atoms. The molecule has 5 nitrogen and oxygen atoms in total. The van der Waals surface area contributed by atoms with Gasteiger partial charge in [-0.1, -0.05) is 30.3 Å². The van der Waals surface area contributed by atoms with Crippen LogP contribution in [0.2, 0.25) is 5.02 Å². The van der Waals surface area contributed by atoms with Gasteiger partial charge in [-0.15, -0.1) is 0 Å². The van der Waals surface area contributed by atoms with E-state index >= 15 is 0 Å². The van der Waals surface area contributed by atoms with Gasteiger partial charge in [0.05, 0.1) is 17.3 Å². The fraction of sp³-hybridized carbons (Fsp3) is 0.182. The number of likely N-dealkylation sites (N-methyl/N-ethyl adjacent to an activating group) is 1. The Balaban J connectivity index is 1.87. The van der Waals surface area contributed by atoms with E-state index in [1.54, 1.807) is 36.2 Å². The molecule has 7 heteroatoms. The van der Waals surface area contributed by atoms with Crippen LogP contribution in [0.15, 0.2) is 60.8 Å². The van der Waals surface area contributed by atoms with Crippen molar-refractivity contribution >= 4 is 46.6 Å². The number of nitrogens with zero attached hydrogens (tertiary/aromatic N) is 2. The number of halogens is 1. The average molecular weight is 429 g/mol. The zero-order valence-corrected chi connectivity index (χ0v) is 17.8. The Labute approximate surface area is 180 Å². The van der Waals surface area contributed by atoms with E-state index in [0.717, 1.165) is 11.3 Å². The largest absolute Gasteiger partial charge is 0.494 e. The molecule has 0 unspecified atom stereocenters. The van der Waals surface area contributed by atoms with Crippen molar-refractivity contribution in [3.8, 4) is 11.5 Å². The van der Waals surface area contributed by atoms with E-state index in [4.69, 9.17) is 33.3 Å². The van der Waals surface area contributed by atoms with Crippen molar-refractivity contribution in [3.63, 3.8) is 0 Å². The van der Waals surface area contributed by atoms with Gasteiger partial charge in [-0.25, -0.2) is 0 Å². The van der Waals surface area contributed by atoms with Crippen LogP contribution in [0.4, 0.5) is 5.69 Å². The highest BCUT2D eigenvalue weighted by molar-refractivity contribution is 7.80. The fourth-order valence-electron chi connectivity index (χ4n) is 2.87. The molecule has 150 valence electrons. The van der Waals surface area contributed by atoms with Crippen molar-refractivity contribution < 1.29 is 14.3 Å². The average Bonchev–Trinajstić information content (AvgIpc) is 2.92. The molecule has 2 aromatic carbocycles. The summed E-state index contributed by atoms with van der Waals surface area (Å²) < 4.78 is 10.9. The van der Waals surface area contributed by atoms with E-state index in [1.807, 2.05) is 37.3 Å². The Morgan fingerprint density at radius 2 is 1.90 bits per heavy atom. The molecular formula is C22H21ClN2O3S. The molecule has 0 saturated carbocycles. The van der Waals surface area contributed by atoms with Gasteiger partial charge in [0.25, 0.3) is 5.91 Å². The lowest BCUT2D eigenvalue weighted by molar-refractivity contribution is -0.114. The van der Waals surface area contributed by atoms with Crippen molar-refractivity contribution in [3.05, 3.63) is 71.4 Å². The molecule has 0 aromatic heterocycles. The number of carbonyl (C=O) groups excluding carboxylic acids is 1. The molecule has 0 aliphatic carbocycles. The van der Waals surface area contributed by atoms with Crippen LogP contribution in [0.3, 0.4) is 0 Å². The van der Waals surface area contributed by atoms with Gasteiger partial charge < -0.3 is 14.4 Å². The molecular weight excluding hydrogens is 408 g/mol. The van der Waals surface area contributed by atoms with Gasteiger partial charge in [0.2, 0.25) is 0 Å². The first-order valence-corrected chi connectivity index (χ1v) is 9.84. The first-order valence-electron chi connectivity index (χ1n) is 9.06. The minimum atomic E-state index is -0.204. The number of hydrogen-bond acceptors (Lipinski definition) is 4. The highest BCUT2D eigenvalue weighted by atomic mass is 35.5. The van der Waals surface area contributed by atoms with Gasteiger partial charge in [-0.2, -0.15) is 0 Å². The minimum absolute atomic E-state index is 0.204. The van der Waals surface area contributed by atoms with Gasteiger partial charge in [0, 0.05) is 7.05 Å². The molecule has 1 fully saturated rings. The second-order valence-corrected chi connectivity index (χ2v) is 7.00. The van der Waals surface area contributed by atoms with Crippen molar-refractivity contribution in [1.29, 1.82) is 0 Å². The molecule has 0 radical (unpaired) electrons. The predicted octanol–water partition coefficient (Wildman–Crippen LogP) is 4.91. The van der Waals surface area contributed by atoms with E-state index in [0.29, 0.717) is 40.5 Å². The summed E-state index contributed by atoms with van der Waals surface area (Å²) in [6.45, 7) is 6.48. The van der Waals surface area contributed by atoms with Crippen molar-refractivity contribution in [2.24, 2.45) is 0 Å². The third kappa shape index (κ3) is 4.44. The van der Waals surface area contributed by atoms with E-state index in [1.165, 1.54) is 4.90 Å². The first kappa shape index (κ1) is 20.9. The van der Waals surface area contributed by atoms with Gasteiger partial charge in [0.15, 0.2) is 5.11 Å². The normalized spacial score (nSPS) is 15.2. The zero-order chi connectivity index (χ0) is 21.0. The van der Waals surface area contributed by atoms with Crippen LogP contribution in [0.5, 0.6) is 11.5 Å². The number of thiocarbonyl (C=S) groups is 1. The molecule has 1 saturated heterocycles. The molecule has 29 heavy (non-hydrogen) atoms. The van der Waals surface area contributed by atoms with E-state index in [2.05, 4.69) is 6.58 Å². The summed E-state index contributed by atoms with van der Waals surface area (Å²) in [6.07, 6.45) is 3.40. The van der Waals surface area contributed by atoms with Crippen LogP contribution < -0.4 is 14.4 Å². The summed E-state index contributed by atoms with van der Waals surface area (Å²) in [5.41, 5.74) is 1.91. The number of amides is 1. The quantitative estimate of drug-likeness (QED) is 0.356. The Bertz CT molecular complexity index is 973.